The van der Waals surface area contributed by atoms with Gasteiger partial charge in [-0.1, -0.05) is 52.4 Å². The molecule has 0 radical (unpaired) electrons. The monoisotopic (exact) mass is 306 g/mol. The van der Waals surface area contributed by atoms with Crippen molar-refractivity contribution < 1.29 is 4.79 Å². The Morgan fingerprint density at radius 2 is 1.77 bits per heavy atom. The molecular weight excluding hydrogens is 272 g/mol. The van der Waals surface area contributed by atoms with Gasteiger partial charge in [-0.2, -0.15) is 5.10 Å². The molecule has 1 N–H and O–H groups in total. The minimum Gasteiger partial charge on any atom is -0.273 e. The van der Waals surface area contributed by atoms with E-state index in [4.69, 9.17) is 0 Å². The number of carbonyl (C=O) groups excluding carboxylic acids is 1. The van der Waals surface area contributed by atoms with E-state index in [2.05, 4.69) is 24.4 Å². The van der Waals surface area contributed by atoms with Gasteiger partial charge < -0.3 is 0 Å². The third-order valence-corrected chi connectivity index (χ3v) is 5.48. The first-order valence-corrected chi connectivity index (χ1v) is 9.57. The number of hydrogen-bond donors (Lipinski definition) is 1. The molecule has 0 aromatic heterocycles. The number of amides is 1. The van der Waals surface area contributed by atoms with Crippen molar-refractivity contribution in [2.45, 2.75) is 90.9 Å². The highest BCUT2D eigenvalue weighted by Gasteiger charge is 2.25. The standard InChI is InChI=1S/C19H34N2O/c1-3-4-13-18(16-10-6-5-7-11-16)20-21-19(22)17-12-8-9-15(2)14-17/h15-17H,3-14H2,1-2H3,(H,21,22)/b20-18+. The van der Waals surface area contributed by atoms with Crippen LogP contribution in [0.5, 0.6) is 0 Å². The van der Waals surface area contributed by atoms with E-state index in [0.29, 0.717) is 11.8 Å². The average Bonchev–Trinajstić information content (AvgIpc) is 2.55. The normalized spacial score (nSPS) is 27.6. The quantitative estimate of drug-likeness (QED) is 0.541. The van der Waals surface area contributed by atoms with Crippen LogP contribution in [0.15, 0.2) is 5.10 Å². The number of unbranched alkanes of at least 4 members (excludes halogenated alkanes) is 1. The molecule has 2 aliphatic carbocycles. The summed E-state index contributed by atoms with van der Waals surface area (Å²) >= 11 is 0. The van der Waals surface area contributed by atoms with Gasteiger partial charge in [0.2, 0.25) is 5.91 Å². The Balaban J connectivity index is 1.90. The summed E-state index contributed by atoms with van der Waals surface area (Å²) in [5, 5.41) is 4.60. The second-order valence-corrected chi connectivity index (χ2v) is 7.49. The Morgan fingerprint density at radius 1 is 1.05 bits per heavy atom. The molecule has 2 atom stereocenters. The van der Waals surface area contributed by atoms with Gasteiger partial charge in [0.1, 0.15) is 0 Å². The largest absolute Gasteiger partial charge is 0.273 e. The zero-order valence-electron chi connectivity index (χ0n) is 14.6. The summed E-state index contributed by atoms with van der Waals surface area (Å²) in [5.74, 6) is 1.65. The van der Waals surface area contributed by atoms with Gasteiger partial charge >= 0.3 is 0 Å². The zero-order chi connectivity index (χ0) is 15.8. The highest BCUT2D eigenvalue weighted by Crippen LogP contribution is 2.29. The molecule has 2 unspecified atom stereocenters. The molecule has 0 bridgehead atoms. The van der Waals surface area contributed by atoms with Crippen molar-refractivity contribution in [2.75, 3.05) is 0 Å². The van der Waals surface area contributed by atoms with Gasteiger partial charge in [0.15, 0.2) is 0 Å². The topological polar surface area (TPSA) is 41.5 Å². The Labute approximate surface area is 136 Å². The maximum absolute atomic E-state index is 12.4. The second-order valence-electron chi connectivity index (χ2n) is 7.49. The third kappa shape index (κ3) is 5.40. The van der Waals surface area contributed by atoms with E-state index >= 15 is 0 Å². The van der Waals surface area contributed by atoms with E-state index in [1.807, 2.05) is 0 Å². The summed E-state index contributed by atoms with van der Waals surface area (Å²) < 4.78 is 0. The predicted octanol–water partition coefficient (Wildman–Crippen LogP) is 5.06. The lowest BCUT2D eigenvalue weighted by Crippen LogP contribution is -2.32. The lowest BCUT2D eigenvalue weighted by Gasteiger charge is -2.26. The maximum atomic E-state index is 12.4. The van der Waals surface area contributed by atoms with Crippen LogP contribution < -0.4 is 5.43 Å². The molecular formula is C19H34N2O. The third-order valence-electron chi connectivity index (χ3n) is 5.48. The zero-order valence-corrected chi connectivity index (χ0v) is 14.6. The number of hydrogen-bond acceptors (Lipinski definition) is 2. The van der Waals surface area contributed by atoms with Crippen LogP contribution in [0.2, 0.25) is 0 Å². The van der Waals surface area contributed by atoms with Crippen LogP contribution in [-0.2, 0) is 4.79 Å². The van der Waals surface area contributed by atoms with Crippen LogP contribution in [0.3, 0.4) is 0 Å². The fraction of sp³-hybridized carbons (Fsp3) is 0.895. The molecule has 0 aromatic carbocycles. The van der Waals surface area contributed by atoms with Crippen LogP contribution >= 0.6 is 0 Å². The number of hydrazone groups is 1. The van der Waals surface area contributed by atoms with Crippen molar-refractivity contribution in [2.24, 2.45) is 22.9 Å². The van der Waals surface area contributed by atoms with Crippen molar-refractivity contribution in [3.8, 4) is 0 Å². The Kier molecular flexibility index (Phi) is 7.41. The molecule has 0 spiro atoms. The SMILES string of the molecule is CCCC/C(=N\NC(=O)C1CCCC(C)C1)C1CCCCC1. The summed E-state index contributed by atoms with van der Waals surface area (Å²) in [4.78, 5) is 12.4. The van der Waals surface area contributed by atoms with E-state index in [1.165, 1.54) is 63.5 Å². The molecule has 0 saturated heterocycles. The van der Waals surface area contributed by atoms with Gasteiger partial charge in [0.05, 0.1) is 0 Å². The van der Waals surface area contributed by atoms with Gasteiger partial charge in [-0.25, -0.2) is 5.43 Å². The van der Waals surface area contributed by atoms with Crippen molar-refractivity contribution >= 4 is 11.6 Å². The molecule has 0 heterocycles. The first-order chi connectivity index (χ1) is 10.7. The molecule has 1 amide bonds. The van der Waals surface area contributed by atoms with Gasteiger partial charge in [-0.3, -0.25) is 4.79 Å². The number of rotatable bonds is 6. The Morgan fingerprint density at radius 3 is 2.45 bits per heavy atom. The number of carbonyl (C=O) groups is 1. The van der Waals surface area contributed by atoms with Gasteiger partial charge in [-0.15, -0.1) is 0 Å². The van der Waals surface area contributed by atoms with Crippen LogP contribution in [-0.4, -0.2) is 11.6 Å². The summed E-state index contributed by atoms with van der Waals surface area (Å²) in [5.41, 5.74) is 4.19. The molecule has 3 heteroatoms. The fourth-order valence-corrected chi connectivity index (χ4v) is 4.04. The van der Waals surface area contributed by atoms with Crippen molar-refractivity contribution in [1.29, 1.82) is 0 Å². The Hall–Kier alpha value is -0.860. The second kappa shape index (κ2) is 9.32. The van der Waals surface area contributed by atoms with Gasteiger partial charge in [-0.05, 0) is 50.4 Å². The first-order valence-electron chi connectivity index (χ1n) is 9.57. The maximum Gasteiger partial charge on any atom is 0.243 e. The lowest BCUT2D eigenvalue weighted by molar-refractivity contribution is -0.126. The van der Waals surface area contributed by atoms with E-state index in [1.54, 1.807) is 0 Å². The smallest absolute Gasteiger partial charge is 0.243 e. The molecule has 126 valence electrons. The molecule has 2 rings (SSSR count). The fourth-order valence-electron chi connectivity index (χ4n) is 4.04. The van der Waals surface area contributed by atoms with Crippen molar-refractivity contribution in [3.63, 3.8) is 0 Å². The van der Waals surface area contributed by atoms with Crippen molar-refractivity contribution in [3.05, 3.63) is 0 Å². The first kappa shape index (κ1) is 17.5. The predicted molar refractivity (Wildman–Crippen MR) is 92.8 cm³/mol. The van der Waals surface area contributed by atoms with Crippen LogP contribution in [0, 0.1) is 17.8 Å². The summed E-state index contributed by atoms with van der Waals surface area (Å²) in [6.07, 6.45) is 14.5. The summed E-state index contributed by atoms with van der Waals surface area (Å²) in [7, 11) is 0. The minimum atomic E-state index is 0.163. The molecule has 3 nitrogen and oxygen atoms in total. The number of nitrogens with one attached hydrogen (secondary N) is 1. The van der Waals surface area contributed by atoms with E-state index in [9.17, 15) is 4.79 Å². The molecule has 2 saturated carbocycles. The van der Waals surface area contributed by atoms with Gasteiger partial charge in [0, 0.05) is 11.6 Å². The summed E-state index contributed by atoms with van der Waals surface area (Å²) in [6.45, 7) is 4.48. The highest BCUT2D eigenvalue weighted by molar-refractivity contribution is 5.88. The van der Waals surface area contributed by atoms with Crippen molar-refractivity contribution in [1.82, 2.24) is 5.43 Å². The highest BCUT2D eigenvalue weighted by atomic mass is 16.2. The lowest BCUT2D eigenvalue weighted by atomic mass is 9.82. The molecule has 2 fully saturated rings. The van der Waals surface area contributed by atoms with E-state index in [0.717, 1.165) is 19.3 Å². The van der Waals surface area contributed by atoms with Crippen LogP contribution in [0.4, 0.5) is 0 Å². The van der Waals surface area contributed by atoms with Crippen LogP contribution in [0.25, 0.3) is 0 Å². The minimum absolute atomic E-state index is 0.163. The molecule has 2 aliphatic rings. The van der Waals surface area contributed by atoms with Crippen LogP contribution in [0.1, 0.15) is 90.9 Å². The number of nitrogens with zero attached hydrogens (tertiary/aromatic N) is 1. The average molecular weight is 306 g/mol. The summed E-state index contributed by atoms with van der Waals surface area (Å²) in [6, 6.07) is 0. The van der Waals surface area contributed by atoms with E-state index < -0.39 is 0 Å². The Bertz CT molecular complexity index is 372. The molecule has 0 aromatic rings. The molecule has 0 aliphatic heterocycles. The van der Waals surface area contributed by atoms with Gasteiger partial charge in [0.25, 0.3) is 0 Å². The van der Waals surface area contributed by atoms with E-state index in [-0.39, 0.29) is 11.8 Å². The molecule has 22 heavy (non-hydrogen) atoms.